The van der Waals surface area contributed by atoms with Crippen LogP contribution in [0.1, 0.15) is 21.5 Å². The second kappa shape index (κ2) is 9.58. The first kappa shape index (κ1) is 22.6. The summed E-state index contributed by atoms with van der Waals surface area (Å²) in [5, 5.41) is 2.90. The Balaban J connectivity index is 1.20. The first-order chi connectivity index (χ1) is 16.5. The van der Waals surface area contributed by atoms with Crippen molar-refractivity contribution in [1.82, 2.24) is 9.62 Å². The zero-order valence-electron chi connectivity index (χ0n) is 18.7. The van der Waals surface area contributed by atoms with Crippen LogP contribution in [0.5, 0.6) is 5.75 Å². The van der Waals surface area contributed by atoms with Gasteiger partial charge in [-0.05, 0) is 58.7 Å². The molecule has 1 fully saturated rings. The smallest absolute Gasteiger partial charge is 0.251 e. The SMILES string of the molecule is O=C(NCc1ccc(-c2ccc3c(c2)CCO3)cc1)c1ccc(S(=O)(=O)N2CCOCC2)cc1. The summed E-state index contributed by atoms with van der Waals surface area (Å²) in [7, 11) is -3.58. The van der Waals surface area contributed by atoms with Crippen LogP contribution in [0.25, 0.3) is 11.1 Å². The topological polar surface area (TPSA) is 84.9 Å². The number of carbonyl (C=O) groups is 1. The summed E-state index contributed by atoms with van der Waals surface area (Å²) in [6.45, 7) is 2.58. The number of benzene rings is 3. The molecule has 2 aliphatic heterocycles. The molecule has 0 aromatic heterocycles. The zero-order chi connectivity index (χ0) is 23.5. The van der Waals surface area contributed by atoms with Crippen molar-refractivity contribution in [3.8, 4) is 16.9 Å². The number of carbonyl (C=O) groups excluding carboxylic acids is 1. The van der Waals surface area contributed by atoms with Crippen molar-refractivity contribution in [3.63, 3.8) is 0 Å². The molecule has 0 radical (unpaired) electrons. The average molecular weight is 479 g/mol. The lowest BCUT2D eigenvalue weighted by Crippen LogP contribution is -2.40. The van der Waals surface area contributed by atoms with Crippen LogP contribution < -0.4 is 10.1 Å². The number of fused-ring (bicyclic) bond motifs is 1. The van der Waals surface area contributed by atoms with Crippen molar-refractivity contribution in [2.45, 2.75) is 17.9 Å². The molecule has 3 aromatic carbocycles. The van der Waals surface area contributed by atoms with Gasteiger partial charge in [0.1, 0.15) is 5.75 Å². The predicted octanol–water partition coefficient (Wildman–Crippen LogP) is 3.24. The highest BCUT2D eigenvalue weighted by Crippen LogP contribution is 2.30. The molecule has 0 atom stereocenters. The number of morpholine rings is 1. The second-order valence-corrected chi connectivity index (χ2v) is 10.3. The molecule has 0 unspecified atom stereocenters. The van der Waals surface area contributed by atoms with Crippen molar-refractivity contribution in [2.24, 2.45) is 0 Å². The van der Waals surface area contributed by atoms with Gasteiger partial charge in [-0.15, -0.1) is 0 Å². The van der Waals surface area contributed by atoms with Crippen molar-refractivity contribution in [3.05, 3.63) is 83.4 Å². The molecule has 2 heterocycles. The van der Waals surface area contributed by atoms with Gasteiger partial charge in [-0.2, -0.15) is 4.31 Å². The Hall–Kier alpha value is -3.20. The van der Waals surface area contributed by atoms with Crippen LogP contribution in [-0.2, 0) is 27.7 Å². The van der Waals surface area contributed by atoms with E-state index in [0.717, 1.165) is 35.5 Å². The third-order valence-electron chi connectivity index (χ3n) is 6.15. The molecule has 1 saturated heterocycles. The molecule has 7 nitrogen and oxygen atoms in total. The van der Waals surface area contributed by atoms with Crippen LogP contribution in [0.4, 0.5) is 0 Å². The monoisotopic (exact) mass is 478 g/mol. The molecule has 5 rings (SSSR count). The Bertz CT molecular complexity index is 1280. The van der Waals surface area contributed by atoms with Crippen LogP contribution in [0, 0.1) is 0 Å². The highest BCUT2D eigenvalue weighted by molar-refractivity contribution is 7.89. The number of sulfonamides is 1. The first-order valence-corrected chi connectivity index (χ1v) is 12.8. The molecule has 0 saturated carbocycles. The summed E-state index contributed by atoms with van der Waals surface area (Å²) in [5.74, 6) is 0.716. The molecule has 176 valence electrons. The van der Waals surface area contributed by atoms with E-state index < -0.39 is 10.0 Å². The fourth-order valence-electron chi connectivity index (χ4n) is 4.18. The Kier molecular flexibility index (Phi) is 6.36. The van der Waals surface area contributed by atoms with E-state index in [4.69, 9.17) is 9.47 Å². The molecule has 1 amide bonds. The van der Waals surface area contributed by atoms with Crippen LogP contribution in [0.2, 0.25) is 0 Å². The lowest BCUT2D eigenvalue weighted by Gasteiger charge is -2.26. The van der Waals surface area contributed by atoms with Gasteiger partial charge in [0.15, 0.2) is 0 Å². The van der Waals surface area contributed by atoms with Crippen LogP contribution in [-0.4, -0.2) is 51.5 Å². The highest BCUT2D eigenvalue weighted by atomic mass is 32.2. The minimum absolute atomic E-state index is 0.180. The van der Waals surface area contributed by atoms with Gasteiger partial charge in [0.2, 0.25) is 10.0 Å². The molecule has 0 bridgehead atoms. The fourth-order valence-corrected chi connectivity index (χ4v) is 5.59. The second-order valence-electron chi connectivity index (χ2n) is 8.34. The summed E-state index contributed by atoms with van der Waals surface area (Å²) in [6.07, 6.45) is 0.938. The lowest BCUT2D eigenvalue weighted by molar-refractivity contribution is 0.0730. The molecule has 0 spiro atoms. The van der Waals surface area contributed by atoms with Gasteiger partial charge in [-0.1, -0.05) is 30.3 Å². The normalized spacial score (nSPS) is 16.0. The largest absolute Gasteiger partial charge is 0.493 e. The summed E-state index contributed by atoms with van der Waals surface area (Å²) < 4.78 is 37.7. The molecule has 2 aliphatic rings. The summed E-state index contributed by atoms with van der Waals surface area (Å²) in [4.78, 5) is 12.8. The molecule has 8 heteroatoms. The van der Waals surface area contributed by atoms with E-state index in [1.807, 2.05) is 30.3 Å². The minimum Gasteiger partial charge on any atom is -0.493 e. The van der Waals surface area contributed by atoms with E-state index in [1.165, 1.54) is 22.0 Å². The van der Waals surface area contributed by atoms with Gasteiger partial charge in [-0.3, -0.25) is 4.79 Å². The first-order valence-electron chi connectivity index (χ1n) is 11.3. The van der Waals surface area contributed by atoms with Crippen molar-refractivity contribution < 1.29 is 22.7 Å². The predicted molar refractivity (Wildman–Crippen MR) is 128 cm³/mol. The van der Waals surface area contributed by atoms with Gasteiger partial charge >= 0.3 is 0 Å². The zero-order valence-corrected chi connectivity index (χ0v) is 19.5. The van der Waals surface area contributed by atoms with Gasteiger partial charge in [-0.25, -0.2) is 8.42 Å². The van der Waals surface area contributed by atoms with E-state index in [9.17, 15) is 13.2 Å². The number of amides is 1. The lowest BCUT2D eigenvalue weighted by atomic mass is 10.0. The Morgan fingerprint density at radius 1 is 0.882 bits per heavy atom. The molecular formula is C26H26N2O5S. The van der Waals surface area contributed by atoms with E-state index in [2.05, 4.69) is 17.4 Å². The molecule has 0 aliphatic carbocycles. The standard InChI is InChI=1S/C26H26N2O5S/c29-26(21-5-8-24(9-6-21)34(30,31)28-12-15-32-16-13-28)27-18-19-1-3-20(4-2-19)22-7-10-25-23(17-22)11-14-33-25/h1-10,17H,11-16,18H2,(H,27,29). The maximum absolute atomic E-state index is 12.7. The number of rotatable bonds is 6. The Labute approximate surface area is 199 Å². The summed E-state index contributed by atoms with van der Waals surface area (Å²) >= 11 is 0. The van der Waals surface area contributed by atoms with Crippen molar-refractivity contribution in [2.75, 3.05) is 32.9 Å². The highest BCUT2D eigenvalue weighted by Gasteiger charge is 2.26. The Morgan fingerprint density at radius 2 is 1.59 bits per heavy atom. The van der Waals surface area contributed by atoms with Crippen LogP contribution in [0.15, 0.2) is 71.6 Å². The maximum Gasteiger partial charge on any atom is 0.251 e. The van der Waals surface area contributed by atoms with Crippen LogP contribution >= 0.6 is 0 Å². The quantitative estimate of drug-likeness (QED) is 0.588. The molecule has 1 N–H and O–H groups in total. The van der Waals surface area contributed by atoms with E-state index in [0.29, 0.717) is 38.4 Å². The van der Waals surface area contributed by atoms with E-state index >= 15 is 0 Å². The van der Waals surface area contributed by atoms with Gasteiger partial charge in [0.25, 0.3) is 5.91 Å². The number of hydrogen-bond donors (Lipinski definition) is 1. The van der Waals surface area contributed by atoms with E-state index in [1.54, 1.807) is 12.1 Å². The summed E-state index contributed by atoms with van der Waals surface area (Å²) in [5.41, 5.74) is 4.89. The van der Waals surface area contributed by atoms with Crippen molar-refractivity contribution in [1.29, 1.82) is 0 Å². The number of nitrogens with zero attached hydrogens (tertiary/aromatic N) is 1. The molecule has 3 aromatic rings. The van der Waals surface area contributed by atoms with Crippen LogP contribution in [0.3, 0.4) is 0 Å². The molecular weight excluding hydrogens is 452 g/mol. The van der Waals surface area contributed by atoms with Gasteiger partial charge in [0.05, 0.1) is 24.7 Å². The van der Waals surface area contributed by atoms with Gasteiger partial charge in [0, 0.05) is 31.6 Å². The van der Waals surface area contributed by atoms with Gasteiger partial charge < -0.3 is 14.8 Å². The third-order valence-corrected chi connectivity index (χ3v) is 8.07. The Morgan fingerprint density at radius 3 is 2.32 bits per heavy atom. The minimum atomic E-state index is -3.58. The number of hydrogen-bond acceptors (Lipinski definition) is 5. The van der Waals surface area contributed by atoms with Crippen molar-refractivity contribution >= 4 is 15.9 Å². The number of ether oxygens (including phenoxy) is 2. The fraction of sp³-hybridized carbons (Fsp3) is 0.269. The third kappa shape index (κ3) is 4.70. The number of nitrogens with one attached hydrogen (secondary N) is 1. The summed E-state index contributed by atoms with van der Waals surface area (Å²) in [6, 6.07) is 20.4. The molecule has 34 heavy (non-hydrogen) atoms. The average Bonchev–Trinajstić information content (AvgIpc) is 3.36. The maximum atomic E-state index is 12.7. The van der Waals surface area contributed by atoms with E-state index in [-0.39, 0.29) is 10.8 Å².